The Morgan fingerprint density at radius 3 is 2.64 bits per heavy atom. The third kappa shape index (κ3) is 2.09. The lowest BCUT2D eigenvalue weighted by Gasteiger charge is -2.10. The van der Waals surface area contributed by atoms with Gasteiger partial charge >= 0.3 is 0 Å². The predicted molar refractivity (Wildman–Crippen MR) is 65.4 cm³/mol. The highest BCUT2D eigenvalue weighted by atomic mass is 35.5. The summed E-state index contributed by atoms with van der Waals surface area (Å²) in [7, 11) is 0. The van der Waals surface area contributed by atoms with Crippen molar-refractivity contribution in [3.63, 3.8) is 0 Å². The van der Waals surface area contributed by atoms with Crippen LogP contribution in [0.2, 0.25) is 5.02 Å². The molecule has 1 fully saturated rings. The highest BCUT2D eigenvalue weighted by molar-refractivity contribution is 7.98. The molecule has 2 heteroatoms. The van der Waals surface area contributed by atoms with Crippen LogP contribution in [-0.2, 0) is 0 Å². The van der Waals surface area contributed by atoms with Gasteiger partial charge in [0.05, 0.1) is 0 Å². The zero-order valence-electron chi connectivity index (χ0n) is 8.59. The molecule has 0 radical (unpaired) electrons. The van der Waals surface area contributed by atoms with E-state index in [0.717, 1.165) is 10.9 Å². The van der Waals surface area contributed by atoms with Gasteiger partial charge in [-0.05, 0) is 49.1 Å². The molecule has 0 amide bonds. The topological polar surface area (TPSA) is 0 Å². The average molecular weight is 227 g/mol. The van der Waals surface area contributed by atoms with Gasteiger partial charge in [-0.1, -0.05) is 23.7 Å². The molecule has 0 heterocycles. The van der Waals surface area contributed by atoms with Crippen LogP contribution in [0.1, 0.15) is 42.1 Å². The Morgan fingerprint density at radius 1 is 1.43 bits per heavy atom. The number of hydrogen-bond donors (Lipinski definition) is 0. The number of benzene rings is 1. The second-order valence-corrected chi connectivity index (χ2v) is 5.52. The second-order valence-electron chi connectivity index (χ2n) is 3.93. The Labute approximate surface area is 95.0 Å². The molecule has 1 aromatic rings. The molecular weight excluding hydrogens is 212 g/mol. The minimum atomic E-state index is 0.542. The van der Waals surface area contributed by atoms with Gasteiger partial charge in [-0.25, -0.2) is 0 Å². The summed E-state index contributed by atoms with van der Waals surface area (Å²) in [6.07, 6.45) is 4.77. The molecule has 1 unspecified atom stereocenters. The molecule has 1 aromatic carbocycles. The van der Waals surface area contributed by atoms with Gasteiger partial charge in [0, 0.05) is 10.3 Å². The summed E-state index contributed by atoms with van der Waals surface area (Å²) >= 11 is 8.11. The van der Waals surface area contributed by atoms with E-state index in [1.807, 2.05) is 11.8 Å². The van der Waals surface area contributed by atoms with Crippen LogP contribution in [0, 0.1) is 0 Å². The van der Waals surface area contributed by atoms with E-state index >= 15 is 0 Å². The van der Waals surface area contributed by atoms with Gasteiger partial charge in [-0.2, -0.15) is 11.8 Å². The van der Waals surface area contributed by atoms with E-state index in [2.05, 4.69) is 31.4 Å². The minimum absolute atomic E-state index is 0.542. The molecule has 0 aromatic heterocycles. The Balaban J connectivity index is 2.25. The van der Waals surface area contributed by atoms with Crippen molar-refractivity contribution in [2.75, 3.05) is 6.26 Å². The molecule has 0 spiro atoms. The van der Waals surface area contributed by atoms with E-state index in [4.69, 9.17) is 11.6 Å². The maximum Gasteiger partial charge on any atom is 0.0443 e. The van der Waals surface area contributed by atoms with Crippen molar-refractivity contribution in [3.05, 3.63) is 34.3 Å². The normalized spacial score (nSPS) is 18.2. The molecule has 2 rings (SSSR count). The Morgan fingerprint density at radius 2 is 2.14 bits per heavy atom. The summed E-state index contributed by atoms with van der Waals surface area (Å²) in [5.74, 6) is 0.751. The summed E-state index contributed by atoms with van der Waals surface area (Å²) in [4.78, 5) is 0. The van der Waals surface area contributed by atoms with Crippen LogP contribution in [0.3, 0.4) is 0 Å². The molecule has 1 aliphatic rings. The molecule has 14 heavy (non-hydrogen) atoms. The largest absolute Gasteiger partial charge is 0.157 e. The van der Waals surface area contributed by atoms with E-state index < -0.39 is 0 Å². The maximum absolute atomic E-state index is 6.26. The summed E-state index contributed by atoms with van der Waals surface area (Å²) in [5.41, 5.74) is 2.69. The quantitative estimate of drug-likeness (QED) is 0.724. The van der Waals surface area contributed by atoms with Crippen molar-refractivity contribution in [2.24, 2.45) is 0 Å². The lowest BCUT2D eigenvalue weighted by molar-refractivity contribution is 1.08. The first-order chi connectivity index (χ1) is 6.72. The molecule has 1 aliphatic carbocycles. The zero-order chi connectivity index (χ0) is 10.1. The molecule has 0 N–H and O–H groups in total. The lowest BCUT2D eigenvalue weighted by Crippen LogP contribution is -1.89. The predicted octanol–water partition coefficient (Wildman–Crippen LogP) is 4.64. The van der Waals surface area contributed by atoms with Crippen molar-refractivity contribution < 1.29 is 0 Å². The first-order valence-electron chi connectivity index (χ1n) is 5.04. The molecule has 0 saturated heterocycles. The Bertz CT molecular complexity index is 331. The summed E-state index contributed by atoms with van der Waals surface area (Å²) < 4.78 is 0. The summed E-state index contributed by atoms with van der Waals surface area (Å²) in [6, 6.07) is 6.57. The molecular formula is C12H15ClS. The minimum Gasteiger partial charge on any atom is -0.157 e. The highest BCUT2D eigenvalue weighted by Crippen LogP contribution is 2.44. The fourth-order valence-corrected chi connectivity index (χ4v) is 2.42. The van der Waals surface area contributed by atoms with Gasteiger partial charge in [0.2, 0.25) is 0 Å². The zero-order valence-corrected chi connectivity index (χ0v) is 10.2. The lowest BCUT2D eigenvalue weighted by atomic mass is 10.1. The summed E-state index contributed by atoms with van der Waals surface area (Å²) in [6.45, 7) is 2.22. The fourth-order valence-electron chi connectivity index (χ4n) is 1.66. The van der Waals surface area contributed by atoms with Crippen molar-refractivity contribution in [1.29, 1.82) is 0 Å². The molecule has 0 aliphatic heterocycles. The van der Waals surface area contributed by atoms with E-state index in [-0.39, 0.29) is 0 Å². The van der Waals surface area contributed by atoms with Crippen molar-refractivity contribution in [2.45, 2.75) is 30.9 Å². The maximum atomic E-state index is 6.26. The number of thioether (sulfide) groups is 1. The van der Waals surface area contributed by atoms with Crippen LogP contribution in [0.15, 0.2) is 18.2 Å². The monoisotopic (exact) mass is 226 g/mol. The standard InChI is InChI=1S/C12H15ClS/c1-8(14-2)10-5-6-11(9-3-4-9)12(13)7-10/h5-9H,3-4H2,1-2H3. The third-order valence-corrected chi connectivity index (χ3v) is 4.17. The van der Waals surface area contributed by atoms with Crippen molar-refractivity contribution in [1.82, 2.24) is 0 Å². The van der Waals surface area contributed by atoms with Gasteiger partial charge in [-0.15, -0.1) is 0 Å². The first-order valence-corrected chi connectivity index (χ1v) is 6.71. The molecule has 0 nitrogen and oxygen atoms in total. The van der Waals surface area contributed by atoms with Crippen LogP contribution >= 0.6 is 23.4 Å². The fraction of sp³-hybridized carbons (Fsp3) is 0.500. The van der Waals surface area contributed by atoms with Crippen molar-refractivity contribution in [3.8, 4) is 0 Å². The van der Waals surface area contributed by atoms with E-state index in [1.165, 1.54) is 24.0 Å². The smallest absolute Gasteiger partial charge is 0.0443 e. The molecule has 1 saturated carbocycles. The average Bonchev–Trinajstić information content (AvgIpc) is 3.00. The molecule has 0 bridgehead atoms. The van der Waals surface area contributed by atoms with Crippen LogP contribution in [0.5, 0.6) is 0 Å². The summed E-state index contributed by atoms with van der Waals surface area (Å²) in [5, 5.41) is 1.51. The van der Waals surface area contributed by atoms with Gasteiger partial charge in [0.25, 0.3) is 0 Å². The van der Waals surface area contributed by atoms with Gasteiger partial charge in [-0.3, -0.25) is 0 Å². The molecule has 76 valence electrons. The van der Waals surface area contributed by atoms with Gasteiger partial charge in [0.1, 0.15) is 0 Å². The van der Waals surface area contributed by atoms with Gasteiger partial charge < -0.3 is 0 Å². The number of halogens is 1. The van der Waals surface area contributed by atoms with Crippen LogP contribution < -0.4 is 0 Å². The molecule has 1 atom stereocenters. The van der Waals surface area contributed by atoms with E-state index in [1.54, 1.807) is 0 Å². The SMILES string of the molecule is CSC(C)c1ccc(C2CC2)c(Cl)c1. The van der Waals surface area contributed by atoms with Crippen LogP contribution in [-0.4, -0.2) is 6.26 Å². The van der Waals surface area contributed by atoms with Gasteiger partial charge in [0.15, 0.2) is 0 Å². The third-order valence-electron chi connectivity index (χ3n) is 2.86. The second kappa shape index (κ2) is 4.16. The van der Waals surface area contributed by atoms with Crippen LogP contribution in [0.25, 0.3) is 0 Å². The van der Waals surface area contributed by atoms with Crippen molar-refractivity contribution >= 4 is 23.4 Å². The first kappa shape index (κ1) is 10.4. The highest BCUT2D eigenvalue weighted by Gasteiger charge is 2.25. The Hall–Kier alpha value is -0.140. The number of hydrogen-bond acceptors (Lipinski definition) is 1. The van der Waals surface area contributed by atoms with E-state index in [0.29, 0.717) is 5.25 Å². The van der Waals surface area contributed by atoms with Crippen LogP contribution in [0.4, 0.5) is 0 Å². The van der Waals surface area contributed by atoms with E-state index in [9.17, 15) is 0 Å². The number of rotatable bonds is 3. The Kier molecular flexibility index (Phi) is 3.08.